The van der Waals surface area contributed by atoms with Crippen molar-refractivity contribution in [3.8, 4) is 0 Å². The van der Waals surface area contributed by atoms with Crippen LogP contribution in [0.5, 0.6) is 0 Å². The van der Waals surface area contributed by atoms with Crippen LogP contribution in [0.2, 0.25) is 0 Å². The predicted octanol–water partition coefficient (Wildman–Crippen LogP) is 1.09. The normalized spacial score (nSPS) is 16.9. The van der Waals surface area contributed by atoms with Gasteiger partial charge in [-0.15, -0.1) is 0 Å². The van der Waals surface area contributed by atoms with Crippen molar-refractivity contribution in [3.05, 3.63) is 12.4 Å². The molecule has 1 aromatic rings. The highest BCUT2D eigenvalue weighted by Gasteiger charge is 2.18. The number of aromatic nitrogens is 2. The quantitative estimate of drug-likeness (QED) is 0.752. The first-order chi connectivity index (χ1) is 9.62. The minimum Gasteiger partial charge on any atom is -0.330 e. The third kappa shape index (κ3) is 4.29. The van der Waals surface area contributed by atoms with Gasteiger partial charge >= 0.3 is 0 Å². The first-order valence-corrected chi connectivity index (χ1v) is 8.82. The van der Waals surface area contributed by atoms with Crippen molar-refractivity contribution in [2.24, 2.45) is 11.7 Å². The van der Waals surface area contributed by atoms with Crippen molar-refractivity contribution in [3.63, 3.8) is 0 Å². The molecular formula is C13H24N4O2S. The van der Waals surface area contributed by atoms with E-state index < -0.39 is 10.0 Å². The number of hydrogen-bond acceptors (Lipinski definition) is 4. The van der Waals surface area contributed by atoms with E-state index in [0.29, 0.717) is 25.6 Å². The fourth-order valence-corrected chi connectivity index (χ4v) is 3.64. The molecule has 1 saturated carbocycles. The van der Waals surface area contributed by atoms with Crippen molar-refractivity contribution in [2.75, 3.05) is 13.1 Å². The topological polar surface area (TPSA) is 90.0 Å². The Kier molecular flexibility index (Phi) is 5.56. The SMILES string of the molecule is NCCCn1cc(S(=O)(=O)NCCC2CCCC2)cn1. The van der Waals surface area contributed by atoms with Gasteiger partial charge in [-0.25, -0.2) is 13.1 Å². The maximum atomic E-state index is 12.1. The summed E-state index contributed by atoms with van der Waals surface area (Å²) >= 11 is 0. The molecule has 2 rings (SSSR count). The minimum absolute atomic E-state index is 0.237. The number of rotatable bonds is 8. The van der Waals surface area contributed by atoms with Crippen molar-refractivity contribution in [1.29, 1.82) is 0 Å². The second-order valence-corrected chi connectivity index (χ2v) is 7.19. The monoisotopic (exact) mass is 300 g/mol. The number of nitrogens with two attached hydrogens (primary N) is 1. The second-order valence-electron chi connectivity index (χ2n) is 5.42. The number of sulfonamides is 1. The summed E-state index contributed by atoms with van der Waals surface area (Å²) in [6.07, 6.45) is 9.72. The van der Waals surface area contributed by atoms with Crippen LogP contribution < -0.4 is 10.5 Å². The number of hydrogen-bond donors (Lipinski definition) is 2. The van der Waals surface area contributed by atoms with Gasteiger partial charge < -0.3 is 5.73 Å². The molecule has 0 aromatic carbocycles. The zero-order chi connectivity index (χ0) is 14.4. The molecule has 1 fully saturated rings. The zero-order valence-corrected chi connectivity index (χ0v) is 12.6. The van der Waals surface area contributed by atoms with Gasteiger partial charge in [-0.1, -0.05) is 25.7 Å². The molecule has 6 nitrogen and oxygen atoms in total. The number of nitrogens with zero attached hydrogens (tertiary/aromatic N) is 2. The first kappa shape index (κ1) is 15.5. The molecule has 7 heteroatoms. The standard InChI is InChI=1S/C13H24N4O2S/c14-7-3-9-17-11-13(10-15-17)20(18,19)16-8-6-12-4-1-2-5-12/h10-12,16H,1-9,14H2. The Morgan fingerprint density at radius 3 is 2.85 bits per heavy atom. The summed E-state index contributed by atoms with van der Waals surface area (Å²) < 4.78 is 28.5. The Balaban J connectivity index is 1.83. The molecule has 0 spiro atoms. The van der Waals surface area contributed by atoms with Gasteiger partial charge in [0.1, 0.15) is 4.90 Å². The Morgan fingerprint density at radius 1 is 1.40 bits per heavy atom. The summed E-state index contributed by atoms with van der Waals surface area (Å²) in [5.41, 5.74) is 5.42. The van der Waals surface area contributed by atoms with E-state index in [1.807, 2.05) is 0 Å². The first-order valence-electron chi connectivity index (χ1n) is 7.34. The molecule has 0 unspecified atom stereocenters. The summed E-state index contributed by atoms with van der Waals surface area (Å²) in [6, 6.07) is 0. The Labute approximate surface area is 120 Å². The van der Waals surface area contributed by atoms with Crippen LogP contribution in [-0.4, -0.2) is 31.3 Å². The average Bonchev–Trinajstić information content (AvgIpc) is 3.07. The van der Waals surface area contributed by atoms with Gasteiger partial charge in [0.25, 0.3) is 0 Å². The summed E-state index contributed by atoms with van der Waals surface area (Å²) in [5.74, 6) is 0.685. The minimum atomic E-state index is -3.42. The lowest BCUT2D eigenvalue weighted by Crippen LogP contribution is -2.25. The molecule has 3 N–H and O–H groups in total. The van der Waals surface area contributed by atoms with Crippen LogP contribution in [0, 0.1) is 5.92 Å². The van der Waals surface area contributed by atoms with Gasteiger partial charge in [-0.05, 0) is 25.3 Å². The van der Waals surface area contributed by atoms with Gasteiger partial charge in [0, 0.05) is 19.3 Å². The maximum absolute atomic E-state index is 12.1. The van der Waals surface area contributed by atoms with Gasteiger partial charge in [0.15, 0.2) is 0 Å². The summed E-state index contributed by atoms with van der Waals surface area (Å²) in [4.78, 5) is 0.237. The van der Waals surface area contributed by atoms with Crippen molar-refractivity contribution >= 4 is 10.0 Å². The molecule has 0 saturated heterocycles. The molecule has 20 heavy (non-hydrogen) atoms. The molecule has 1 aliphatic carbocycles. The van der Waals surface area contributed by atoms with E-state index in [9.17, 15) is 8.42 Å². The summed E-state index contributed by atoms with van der Waals surface area (Å²) in [7, 11) is -3.42. The van der Waals surface area contributed by atoms with Gasteiger partial charge in [0.05, 0.1) is 6.20 Å². The highest BCUT2D eigenvalue weighted by Crippen LogP contribution is 2.27. The van der Waals surface area contributed by atoms with Crippen LogP contribution in [-0.2, 0) is 16.6 Å². The number of aryl methyl sites for hydroxylation is 1. The predicted molar refractivity (Wildman–Crippen MR) is 77.7 cm³/mol. The third-order valence-electron chi connectivity index (χ3n) is 3.83. The van der Waals surface area contributed by atoms with Crippen molar-refractivity contribution in [1.82, 2.24) is 14.5 Å². The highest BCUT2D eigenvalue weighted by atomic mass is 32.2. The lowest BCUT2D eigenvalue weighted by molar-refractivity contribution is 0.495. The Hall–Kier alpha value is -0.920. The van der Waals surface area contributed by atoms with E-state index in [4.69, 9.17) is 5.73 Å². The molecule has 0 radical (unpaired) electrons. The average molecular weight is 300 g/mol. The third-order valence-corrected chi connectivity index (χ3v) is 5.25. The molecule has 1 heterocycles. The van der Waals surface area contributed by atoms with E-state index in [1.54, 1.807) is 10.9 Å². The molecule has 0 amide bonds. The molecule has 114 valence electrons. The molecule has 1 aromatic heterocycles. The van der Waals surface area contributed by atoms with Crippen LogP contribution in [0.15, 0.2) is 17.3 Å². The van der Waals surface area contributed by atoms with Gasteiger partial charge in [-0.3, -0.25) is 4.68 Å². The molecule has 0 bridgehead atoms. The molecular weight excluding hydrogens is 276 g/mol. The van der Waals surface area contributed by atoms with Crippen LogP contribution in [0.3, 0.4) is 0 Å². The van der Waals surface area contributed by atoms with E-state index in [1.165, 1.54) is 31.9 Å². The molecule has 0 aliphatic heterocycles. The van der Waals surface area contributed by atoms with Gasteiger partial charge in [0.2, 0.25) is 10.0 Å². The smallest absolute Gasteiger partial charge is 0.243 e. The second kappa shape index (κ2) is 7.19. The van der Waals surface area contributed by atoms with Crippen molar-refractivity contribution in [2.45, 2.75) is 50.0 Å². The lowest BCUT2D eigenvalue weighted by Gasteiger charge is -2.09. The summed E-state index contributed by atoms with van der Waals surface area (Å²) in [5, 5.41) is 4.05. The zero-order valence-electron chi connectivity index (χ0n) is 11.8. The highest BCUT2D eigenvalue weighted by molar-refractivity contribution is 7.89. The molecule has 0 atom stereocenters. The van der Waals surface area contributed by atoms with E-state index in [-0.39, 0.29) is 4.90 Å². The van der Waals surface area contributed by atoms with Crippen molar-refractivity contribution < 1.29 is 8.42 Å². The largest absolute Gasteiger partial charge is 0.330 e. The van der Waals surface area contributed by atoms with Crippen LogP contribution in [0.25, 0.3) is 0 Å². The van der Waals surface area contributed by atoms with Crippen LogP contribution in [0.4, 0.5) is 0 Å². The Morgan fingerprint density at radius 2 is 2.15 bits per heavy atom. The number of nitrogens with one attached hydrogen (secondary N) is 1. The van der Waals surface area contributed by atoms with E-state index in [0.717, 1.165) is 12.8 Å². The van der Waals surface area contributed by atoms with Gasteiger partial charge in [-0.2, -0.15) is 5.10 Å². The molecule has 1 aliphatic rings. The fourth-order valence-electron chi connectivity index (χ4n) is 2.64. The van der Waals surface area contributed by atoms with Crippen LogP contribution >= 0.6 is 0 Å². The van der Waals surface area contributed by atoms with E-state index in [2.05, 4.69) is 9.82 Å². The lowest BCUT2D eigenvalue weighted by atomic mass is 10.1. The Bertz CT molecular complexity index is 506. The van der Waals surface area contributed by atoms with Crippen LogP contribution in [0.1, 0.15) is 38.5 Å². The van der Waals surface area contributed by atoms with E-state index >= 15 is 0 Å². The fraction of sp³-hybridized carbons (Fsp3) is 0.769. The maximum Gasteiger partial charge on any atom is 0.243 e. The summed E-state index contributed by atoms with van der Waals surface area (Å²) in [6.45, 7) is 1.73.